The molecule has 2 N–H and O–H groups in total. The zero-order valence-corrected chi connectivity index (χ0v) is 11.0. The average molecular weight is 258 g/mol. The maximum Gasteiger partial charge on any atom is 0.0565 e. The fraction of sp³-hybridized carbons (Fsp3) is 0. The summed E-state index contributed by atoms with van der Waals surface area (Å²) in [7, 11) is 0. The Balaban J connectivity index is 2.21. The van der Waals surface area contributed by atoms with Crippen LogP contribution in [0.4, 0.5) is 0 Å². The summed E-state index contributed by atoms with van der Waals surface area (Å²) in [4.78, 5) is 6.84. The van der Waals surface area contributed by atoms with Crippen molar-refractivity contribution in [3.05, 3.63) is 66.9 Å². The molecule has 0 fully saturated rings. The van der Waals surface area contributed by atoms with E-state index in [4.69, 9.17) is 0 Å². The number of H-pyrrole nitrogens is 2. The number of para-hydroxylation sites is 1. The lowest BCUT2D eigenvalue weighted by atomic mass is 10.0. The first kappa shape index (κ1) is 11.1. The summed E-state index contributed by atoms with van der Waals surface area (Å²) in [5, 5.41) is 2.50. The fourth-order valence-electron chi connectivity index (χ4n) is 2.88. The van der Waals surface area contributed by atoms with Crippen molar-refractivity contribution in [2.45, 2.75) is 0 Å². The molecule has 0 saturated carbocycles. The third-order valence-corrected chi connectivity index (χ3v) is 3.80. The Kier molecular flexibility index (Phi) is 2.30. The van der Waals surface area contributed by atoms with Crippen molar-refractivity contribution in [3.63, 3.8) is 0 Å². The minimum atomic E-state index is 1.11. The SMILES string of the molecule is C=Cc1ccc2c([nH]c3ccccc32)c1-c1ccc[nH]1. The van der Waals surface area contributed by atoms with Gasteiger partial charge in [0.25, 0.3) is 0 Å². The molecule has 0 radical (unpaired) electrons. The number of aromatic nitrogens is 2. The molecular formula is C18H14N2. The van der Waals surface area contributed by atoms with E-state index in [0.717, 1.165) is 22.3 Å². The van der Waals surface area contributed by atoms with Crippen molar-refractivity contribution in [2.75, 3.05) is 0 Å². The Morgan fingerprint density at radius 2 is 1.80 bits per heavy atom. The van der Waals surface area contributed by atoms with Gasteiger partial charge in [0, 0.05) is 33.7 Å². The summed E-state index contributed by atoms with van der Waals surface area (Å²) in [6, 6.07) is 16.8. The van der Waals surface area contributed by atoms with E-state index in [2.05, 4.69) is 59.0 Å². The molecule has 0 spiro atoms. The quantitative estimate of drug-likeness (QED) is 0.509. The molecule has 0 aliphatic rings. The van der Waals surface area contributed by atoms with Gasteiger partial charge in [-0.1, -0.05) is 43.0 Å². The number of hydrogen-bond donors (Lipinski definition) is 2. The molecule has 0 amide bonds. The van der Waals surface area contributed by atoms with E-state index in [-0.39, 0.29) is 0 Å². The molecule has 0 aliphatic heterocycles. The lowest BCUT2D eigenvalue weighted by Crippen LogP contribution is -1.85. The maximum absolute atomic E-state index is 3.93. The molecule has 2 aromatic carbocycles. The van der Waals surface area contributed by atoms with Crippen LogP contribution in [0, 0.1) is 0 Å². The highest BCUT2D eigenvalue weighted by Crippen LogP contribution is 2.35. The van der Waals surface area contributed by atoms with Crippen LogP contribution in [-0.4, -0.2) is 9.97 Å². The molecule has 0 atom stereocenters. The van der Waals surface area contributed by atoms with Crippen LogP contribution in [0.25, 0.3) is 39.1 Å². The van der Waals surface area contributed by atoms with E-state index in [0.29, 0.717) is 0 Å². The van der Waals surface area contributed by atoms with Gasteiger partial charge in [-0.15, -0.1) is 0 Å². The highest BCUT2D eigenvalue weighted by atomic mass is 14.7. The molecule has 0 bridgehead atoms. The first-order valence-electron chi connectivity index (χ1n) is 6.68. The lowest BCUT2D eigenvalue weighted by Gasteiger charge is -2.06. The van der Waals surface area contributed by atoms with Crippen LogP contribution in [0.15, 0.2) is 61.3 Å². The van der Waals surface area contributed by atoms with Crippen molar-refractivity contribution in [2.24, 2.45) is 0 Å². The van der Waals surface area contributed by atoms with Crippen LogP contribution in [0.3, 0.4) is 0 Å². The molecule has 96 valence electrons. The zero-order chi connectivity index (χ0) is 13.5. The third-order valence-electron chi connectivity index (χ3n) is 3.80. The number of hydrogen-bond acceptors (Lipinski definition) is 0. The predicted molar refractivity (Wildman–Crippen MR) is 85.7 cm³/mol. The molecule has 2 aromatic heterocycles. The Hall–Kier alpha value is -2.74. The summed E-state index contributed by atoms with van der Waals surface area (Å²) in [6.45, 7) is 3.93. The van der Waals surface area contributed by atoms with Crippen LogP contribution in [0.5, 0.6) is 0 Å². The van der Waals surface area contributed by atoms with Gasteiger partial charge in [0.05, 0.1) is 5.52 Å². The number of benzene rings is 2. The molecule has 20 heavy (non-hydrogen) atoms. The van der Waals surface area contributed by atoms with Crippen LogP contribution in [0.1, 0.15) is 5.56 Å². The molecule has 0 unspecified atom stereocenters. The summed E-state index contributed by atoms with van der Waals surface area (Å²) < 4.78 is 0. The normalized spacial score (nSPS) is 11.2. The minimum Gasteiger partial charge on any atom is -0.361 e. The van der Waals surface area contributed by atoms with Gasteiger partial charge in [-0.05, 0) is 23.8 Å². The van der Waals surface area contributed by atoms with E-state index in [1.165, 1.54) is 16.3 Å². The van der Waals surface area contributed by atoms with Crippen LogP contribution in [0.2, 0.25) is 0 Å². The van der Waals surface area contributed by atoms with E-state index >= 15 is 0 Å². The largest absolute Gasteiger partial charge is 0.361 e. The summed E-state index contributed by atoms with van der Waals surface area (Å²) >= 11 is 0. The third kappa shape index (κ3) is 1.45. The zero-order valence-electron chi connectivity index (χ0n) is 11.0. The second-order valence-corrected chi connectivity index (χ2v) is 4.91. The smallest absolute Gasteiger partial charge is 0.0565 e. The van der Waals surface area contributed by atoms with E-state index < -0.39 is 0 Å². The van der Waals surface area contributed by atoms with E-state index in [9.17, 15) is 0 Å². The summed E-state index contributed by atoms with van der Waals surface area (Å²) in [6.07, 6.45) is 3.85. The minimum absolute atomic E-state index is 1.11. The molecule has 0 aliphatic carbocycles. The van der Waals surface area contributed by atoms with E-state index in [1.807, 2.05) is 18.3 Å². The molecule has 2 heteroatoms. The maximum atomic E-state index is 3.93. The predicted octanol–water partition coefficient (Wildman–Crippen LogP) is 4.96. The first-order chi connectivity index (χ1) is 9.88. The number of nitrogens with one attached hydrogen (secondary N) is 2. The Bertz CT molecular complexity index is 911. The van der Waals surface area contributed by atoms with Crippen molar-refractivity contribution in [1.29, 1.82) is 0 Å². The lowest BCUT2D eigenvalue weighted by molar-refractivity contribution is 1.40. The Morgan fingerprint density at radius 1 is 0.900 bits per heavy atom. The van der Waals surface area contributed by atoms with Gasteiger partial charge in [-0.3, -0.25) is 0 Å². The van der Waals surface area contributed by atoms with Gasteiger partial charge in [0.1, 0.15) is 0 Å². The molecule has 4 aromatic rings. The highest BCUT2D eigenvalue weighted by Gasteiger charge is 2.12. The van der Waals surface area contributed by atoms with Crippen LogP contribution in [-0.2, 0) is 0 Å². The van der Waals surface area contributed by atoms with Crippen molar-refractivity contribution in [3.8, 4) is 11.3 Å². The highest BCUT2D eigenvalue weighted by molar-refractivity contribution is 6.12. The summed E-state index contributed by atoms with van der Waals surface area (Å²) in [5.41, 5.74) is 5.74. The van der Waals surface area contributed by atoms with Gasteiger partial charge >= 0.3 is 0 Å². The first-order valence-corrected chi connectivity index (χ1v) is 6.68. The Labute approximate surface area is 116 Å². The van der Waals surface area contributed by atoms with Crippen LogP contribution < -0.4 is 0 Å². The van der Waals surface area contributed by atoms with Gasteiger partial charge in [-0.25, -0.2) is 0 Å². The van der Waals surface area contributed by atoms with Gasteiger partial charge in [0.2, 0.25) is 0 Å². The monoisotopic (exact) mass is 258 g/mol. The fourth-order valence-corrected chi connectivity index (χ4v) is 2.88. The van der Waals surface area contributed by atoms with E-state index in [1.54, 1.807) is 0 Å². The van der Waals surface area contributed by atoms with Crippen molar-refractivity contribution in [1.82, 2.24) is 9.97 Å². The molecule has 4 rings (SSSR count). The molecular weight excluding hydrogens is 244 g/mol. The summed E-state index contributed by atoms with van der Waals surface area (Å²) in [5.74, 6) is 0. The molecule has 2 nitrogen and oxygen atoms in total. The Morgan fingerprint density at radius 3 is 2.60 bits per heavy atom. The van der Waals surface area contributed by atoms with Crippen molar-refractivity contribution < 1.29 is 0 Å². The molecule has 0 saturated heterocycles. The van der Waals surface area contributed by atoms with Gasteiger partial charge in [-0.2, -0.15) is 0 Å². The standard InChI is InChI=1S/C18H14N2/c1-2-12-9-10-14-13-6-3-4-7-15(13)20-18(14)17(12)16-8-5-11-19-16/h2-11,19-20H,1H2. The average Bonchev–Trinajstić information content (AvgIpc) is 3.13. The second-order valence-electron chi connectivity index (χ2n) is 4.91. The topological polar surface area (TPSA) is 31.6 Å². The van der Waals surface area contributed by atoms with Gasteiger partial charge < -0.3 is 9.97 Å². The second kappa shape index (κ2) is 4.14. The van der Waals surface area contributed by atoms with Gasteiger partial charge in [0.15, 0.2) is 0 Å². The number of fused-ring (bicyclic) bond motifs is 3. The molecule has 2 heterocycles. The van der Waals surface area contributed by atoms with Crippen molar-refractivity contribution >= 4 is 27.9 Å². The number of rotatable bonds is 2. The van der Waals surface area contributed by atoms with Crippen LogP contribution >= 0.6 is 0 Å². The number of aromatic amines is 2.